The fraction of sp³-hybridized carbons (Fsp3) is 0.167. The Bertz CT molecular complexity index is 789. The first-order valence-electron chi connectivity index (χ1n) is 7.58. The zero-order valence-corrected chi connectivity index (χ0v) is 15.1. The molecule has 2 aromatic rings. The second-order valence-corrected chi connectivity index (χ2v) is 6.14. The Labute approximate surface area is 156 Å². The van der Waals surface area contributed by atoms with E-state index in [1.165, 1.54) is 6.21 Å². The molecule has 0 bridgehead atoms. The van der Waals surface area contributed by atoms with Gasteiger partial charge >= 0.3 is 0 Å². The number of rotatable bonds is 6. The second-order valence-electron chi connectivity index (χ2n) is 5.35. The van der Waals surface area contributed by atoms with Gasteiger partial charge in [0.05, 0.1) is 16.3 Å². The van der Waals surface area contributed by atoms with Crippen LogP contribution in [-0.2, 0) is 9.59 Å². The average Bonchev–Trinajstić information content (AvgIpc) is 2.59. The van der Waals surface area contributed by atoms with Gasteiger partial charge in [-0.15, -0.1) is 0 Å². The number of amides is 2. The molecule has 2 rings (SSSR count). The van der Waals surface area contributed by atoms with Crippen LogP contribution >= 0.6 is 23.2 Å². The number of hydrogen-bond donors (Lipinski definition) is 2. The molecule has 2 N–H and O–H groups in total. The molecule has 0 radical (unpaired) electrons. The van der Waals surface area contributed by atoms with Crippen LogP contribution in [0.3, 0.4) is 0 Å². The van der Waals surface area contributed by atoms with E-state index in [1.54, 1.807) is 18.2 Å². The monoisotopic (exact) mass is 377 g/mol. The number of hydrazone groups is 1. The Balaban J connectivity index is 1.76. The molecule has 0 aliphatic carbocycles. The van der Waals surface area contributed by atoms with Crippen molar-refractivity contribution in [2.75, 3.05) is 5.32 Å². The lowest BCUT2D eigenvalue weighted by atomic mass is 10.2. The smallest absolute Gasteiger partial charge is 0.240 e. The van der Waals surface area contributed by atoms with E-state index < -0.39 is 0 Å². The summed E-state index contributed by atoms with van der Waals surface area (Å²) in [4.78, 5) is 23.5. The van der Waals surface area contributed by atoms with Crippen molar-refractivity contribution >= 4 is 46.9 Å². The Morgan fingerprint density at radius 1 is 1.04 bits per heavy atom. The standard InChI is InChI=1S/C18H17Cl2N3O2/c1-12-5-7-14(8-6-12)22-16(24)9-10-17(25)23-21-11-13-3-2-4-15(19)18(13)20/h2-8,11H,9-10H2,1H3,(H,22,24)(H,23,25). The van der Waals surface area contributed by atoms with E-state index in [2.05, 4.69) is 15.8 Å². The third-order valence-corrected chi connectivity index (χ3v) is 4.12. The molecule has 0 unspecified atom stereocenters. The molecule has 0 spiro atoms. The summed E-state index contributed by atoms with van der Waals surface area (Å²) in [6.07, 6.45) is 1.49. The molecule has 7 heteroatoms. The number of nitrogens with zero attached hydrogens (tertiary/aromatic N) is 1. The number of hydrogen-bond acceptors (Lipinski definition) is 3. The maximum absolute atomic E-state index is 11.8. The molecule has 0 fully saturated rings. The van der Waals surface area contributed by atoms with E-state index in [-0.39, 0.29) is 24.7 Å². The Kier molecular flexibility index (Phi) is 6.98. The summed E-state index contributed by atoms with van der Waals surface area (Å²) in [5.41, 5.74) is 4.75. The summed E-state index contributed by atoms with van der Waals surface area (Å²) in [5, 5.41) is 7.31. The van der Waals surface area contributed by atoms with E-state index in [0.29, 0.717) is 21.3 Å². The number of carbonyl (C=O) groups excluding carboxylic acids is 2. The van der Waals surface area contributed by atoms with Gasteiger partial charge in [0, 0.05) is 24.1 Å². The van der Waals surface area contributed by atoms with Crippen molar-refractivity contribution in [3.05, 3.63) is 63.6 Å². The molecule has 25 heavy (non-hydrogen) atoms. The highest BCUT2D eigenvalue weighted by molar-refractivity contribution is 6.43. The summed E-state index contributed by atoms with van der Waals surface area (Å²) in [6, 6.07) is 12.5. The summed E-state index contributed by atoms with van der Waals surface area (Å²) in [6.45, 7) is 1.97. The largest absolute Gasteiger partial charge is 0.326 e. The summed E-state index contributed by atoms with van der Waals surface area (Å²) in [7, 11) is 0. The zero-order valence-electron chi connectivity index (χ0n) is 13.6. The van der Waals surface area contributed by atoms with Crippen LogP contribution in [0.5, 0.6) is 0 Å². The predicted molar refractivity (Wildman–Crippen MR) is 101 cm³/mol. The lowest BCUT2D eigenvalue weighted by Crippen LogP contribution is -2.20. The summed E-state index contributed by atoms with van der Waals surface area (Å²) < 4.78 is 0. The lowest BCUT2D eigenvalue weighted by Gasteiger charge is -2.05. The van der Waals surface area contributed by atoms with Crippen LogP contribution in [0.4, 0.5) is 5.69 Å². The van der Waals surface area contributed by atoms with Gasteiger partial charge in [0.25, 0.3) is 0 Å². The molecule has 0 atom stereocenters. The van der Waals surface area contributed by atoms with Crippen molar-refractivity contribution < 1.29 is 9.59 Å². The second kappa shape index (κ2) is 9.20. The topological polar surface area (TPSA) is 70.6 Å². The van der Waals surface area contributed by atoms with E-state index in [0.717, 1.165) is 5.56 Å². The van der Waals surface area contributed by atoms with Crippen molar-refractivity contribution in [2.45, 2.75) is 19.8 Å². The maximum Gasteiger partial charge on any atom is 0.240 e. The molecule has 130 valence electrons. The van der Waals surface area contributed by atoms with Crippen LogP contribution in [0.15, 0.2) is 47.6 Å². The van der Waals surface area contributed by atoms with Crippen LogP contribution in [0, 0.1) is 6.92 Å². The van der Waals surface area contributed by atoms with E-state index >= 15 is 0 Å². The molecular formula is C18H17Cl2N3O2. The highest BCUT2D eigenvalue weighted by atomic mass is 35.5. The van der Waals surface area contributed by atoms with E-state index in [4.69, 9.17) is 23.2 Å². The van der Waals surface area contributed by atoms with Crippen LogP contribution in [-0.4, -0.2) is 18.0 Å². The quantitative estimate of drug-likeness (QED) is 0.585. The van der Waals surface area contributed by atoms with Crippen LogP contribution < -0.4 is 10.7 Å². The van der Waals surface area contributed by atoms with Gasteiger partial charge in [-0.25, -0.2) is 5.43 Å². The van der Waals surface area contributed by atoms with Crippen LogP contribution in [0.25, 0.3) is 0 Å². The van der Waals surface area contributed by atoms with E-state index in [1.807, 2.05) is 31.2 Å². The predicted octanol–water partition coefficient (Wildman–Crippen LogP) is 4.17. The molecule has 2 amide bonds. The number of anilines is 1. The fourth-order valence-electron chi connectivity index (χ4n) is 1.94. The van der Waals surface area contributed by atoms with Gasteiger partial charge in [-0.3, -0.25) is 9.59 Å². The highest BCUT2D eigenvalue weighted by Crippen LogP contribution is 2.24. The van der Waals surface area contributed by atoms with Gasteiger partial charge in [0.2, 0.25) is 11.8 Å². The van der Waals surface area contributed by atoms with Gasteiger partial charge in [-0.1, -0.05) is 53.0 Å². The van der Waals surface area contributed by atoms with Gasteiger partial charge in [-0.2, -0.15) is 5.10 Å². The molecule has 0 aliphatic rings. The van der Waals surface area contributed by atoms with E-state index in [9.17, 15) is 9.59 Å². The Morgan fingerprint density at radius 3 is 2.44 bits per heavy atom. The van der Waals surface area contributed by atoms with Crippen LogP contribution in [0.1, 0.15) is 24.0 Å². The molecule has 5 nitrogen and oxygen atoms in total. The number of benzene rings is 2. The molecule has 0 aromatic heterocycles. The number of carbonyl (C=O) groups is 2. The molecule has 2 aromatic carbocycles. The molecule has 0 saturated heterocycles. The number of halogens is 2. The lowest BCUT2D eigenvalue weighted by molar-refractivity contribution is -0.124. The third kappa shape index (κ3) is 6.21. The minimum atomic E-state index is -0.367. The summed E-state index contributed by atoms with van der Waals surface area (Å²) >= 11 is 11.9. The zero-order chi connectivity index (χ0) is 18.2. The average molecular weight is 378 g/mol. The normalized spacial score (nSPS) is 10.7. The van der Waals surface area contributed by atoms with Gasteiger partial charge in [0.15, 0.2) is 0 Å². The molecular weight excluding hydrogens is 361 g/mol. The maximum atomic E-state index is 11.8. The van der Waals surface area contributed by atoms with Crippen molar-refractivity contribution in [3.63, 3.8) is 0 Å². The first kappa shape index (κ1) is 19.0. The third-order valence-electron chi connectivity index (χ3n) is 3.29. The first-order chi connectivity index (χ1) is 12.0. The SMILES string of the molecule is Cc1ccc(NC(=O)CCC(=O)NN=Cc2cccc(Cl)c2Cl)cc1. The fourth-order valence-corrected chi connectivity index (χ4v) is 2.29. The van der Waals surface area contributed by atoms with Gasteiger partial charge in [-0.05, 0) is 25.1 Å². The minimum absolute atomic E-state index is 0.0261. The number of aryl methyl sites for hydroxylation is 1. The Morgan fingerprint density at radius 2 is 1.72 bits per heavy atom. The van der Waals surface area contributed by atoms with Crippen molar-refractivity contribution in [2.24, 2.45) is 5.10 Å². The molecule has 0 heterocycles. The van der Waals surface area contributed by atoms with Crippen molar-refractivity contribution in [3.8, 4) is 0 Å². The molecule has 0 aliphatic heterocycles. The van der Waals surface area contributed by atoms with Gasteiger partial charge in [0.1, 0.15) is 0 Å². The number of nitrogens with one attached hydrogen (secondary N) is 2. The van der Waals surface area contributed by atoms with Crippen molar-refractivity contribution in [1.82, 2.24) is 5.43 Å². The van der Waals surface area contributed by atoms with Crippen molar-refractivity contribution in [1.29, 1.82) is 0 Å². The van der Waals surface area contributed by atoms with Crippen LogP contribution in [0.2, 0.25) is 10.0 Å². The van der Waals surface area contributed by atoms with Gasteiger partial charge < -0.3 is 5.32 Å². The minimum Gasteiger partial charge on any atom is -0.326 e. The molecule has 0 saturated carbocycles. The highest BCUT2D eigenvalue weighted by Gasteiger charge is 2.07. The Hall–Kier alpha value is -2.37. The summed E-state index contributed by atoms with van der Waals surface area (Å²) in [5.74, 6) is -0.602. The first-order valence-corrected chi connectivity index (χ1v) is 8.34.